The molecule has 0 fully saturated rings. The highest BCUT2D eigenvalue weighted by molar-refractivity contribution is 5.91. The van der Waals surface area contributed by atoms with E-state index in [1.807, 2.05) is 30.3 Å². The summed E-state index contributed by atoms with van der Waals surface area (Å²) in [5, 5.41) is 9.19. The summed E-state index contributed by atoms with van der Waals surface area (Å²) in [5.74, 6) is -0.255. The van der Waals surface area contributed by atoms with Crippen molar-refractivity contribution in [3.63, 3.8) is 0 Å². The van der Waals surface area contributed by atoms with Gasteiger partial charge in [0.2, 0.25) is 11.8 Å². The third-order valence-corrected chi connectivity index (χ3v) is 3.63. The number of carbonyl (C=O) groups is 2. The molecule has 2 amide bonds. The predicted molar refractivity (Wildman–Crippen MR) is 82.6 cm³/mol. The fourth-order valence-corrected chi connectivity index (χ4v) is 2.62. The smallest absolute Gasteiger partial charge is 0.226 e. The maximum atomic E-state index is 12.2. The molecule has 0 radical (unpaired) electrons. The van der Waals surface area contributed by atoms with Crippen LogP contribution in [-0.4, -0.2) is 26.9 Å². The topological polar surface area (TPSA) is 78.1 Å². The normalized spacial score (nSPS) is 16.2. The fraction of sp³-hybridized carbons (Fsp3) is 0.188. The number of anilines is 1. The molecule has 1 atom stereocenters. The molecule has 2 heterocycles. The first-order valence-corrected chi connectivity index (χ1v) is 7.00. The van der Waals surface area contributed by atoms with Gasteiger partial charge in [-0.2, -0.15) is 5.10 Å². The third kappa shape index (κ3) is 2.76. The van der Waals surface area contributed by atoms with Gasteiger partial charge in [-0.05, 0) is 17.2 Å². The molecule has 22 heavy (non-hydrogen) atoms. The zero-order chi connectivity index (χ0) is 15.5. The first kappa shape index (κ1) is 14.1. The van der Waals surface area contributed by atoms with Crippen LogP contribution in [0.25, 0.3) is 6.08 Å². The second-order valence-electron chi connectivity index (χ2n) is 5.13. The molecule has 0 saturated carbocycles. The number of amides is 2. The molecule has 112 valence electrons. The van der Waals surface area contributed by atoms with Crippen LogP contribution in [0.15, 0.2) is 42.9 Å². The van der Waals surface area contributed by atoms with Crippen LogP contribution in [0.3, 0.4) is 0 Å². The lowest BCUT2D eigenvalue weighted by Crippen LogP contribution is -2.33. The number of carbonyl (C=O) groups excluding carboxylic acids is 2. The molecule has 2 aromatic rings. The van der Waals surface area contributed by atoms with Gasteiger partial charge in [-0.1, -0.05) is 24.3 Å². The summed E-state index contributed by atoms with van der Waals surface area (Å²) in [6.45, 7) is 1.50. The predicted octanol–water partition coefficient (Wildman–Crippen LogP) is 2.31. The van der Waals surface area contributed by atoms with Crippen molar-refractivity contribution in [1.29, 1.82) is 0 Å². The van der Waals surface area contributed by atoms with E-state index in [1.54, 1.807) is 17.3 Å². The van der Waals surface area contributed by atoms with Gasteiger partial charge in [-0.15, -0.1) is 0 Å². The standard InChI is InChI=1S/C16H16N4O2/c1-11(21)20-7-6-12-4-2-3-5-14(12)15(20)8-16(22)19-13-9-17-18-10-13/h2-7,9-10,15H,8H2,1H3,(H,17,18)(H,19,22)/t15-/m1/s1. The maximum absolute atomic E-state index is 12.2. The Labute approximate surface area is 127 Å². The Bertz CT molecular complexity index is 722. The molecule has 0 spiro atoms. The minimum atomic E-state index is -0.300. The van der Waals surface area contributed by atoms with Crippen molar-refractivity contribution < 1.29 is 9.59 Å². The summed E-state index contributed by atoms with van der Waals surface area (Å²) in [7, 11) is 0. The van der Waals surface area contributed by atoms with Crippen LogP contribution in [0.1, 0.15) is 30.5 Å². The third-order valence-electron chi connectivity index (χ3n) is 3.63. The SMILES string of the molecule is CC(=O)N1C=Cc2ccccc2[C@H]1CC(=O)Nc1cn[nH]c1. The van der Waals surface area contributed by atoms with Crippen molar-refractivity contribution in [3.05, 3.63) is 54.0 Å². The second kappa shape index (κ2) is 5.85. The van der Waals surface area contributed by atoms with E-state index in [1.165, 1.54) is 13.1 Å². The van der Waals surface area contributed by atoms with E-state index >= 15 is 0 Å². The molecule has 1 aromatic heterocycles. The van der Waals surface area contributed by atoms with Crippen LogP contribution in [0.4, 0.5) is 5.69 Å². The van der Waals surface area contributed by atoms with Gasteiger partial charge in [0, 0.05) is 19.3 Å². The van der Waals surface area contributed by atoms with Gasteiger partial charge >= 0.3 is 0 Å². The zero-order valence-electron chi connectivity index (χ0n) is 12.1. The fourth-order valence-electron chi connectivity index (χ4n) is 2.62. The van der Waals surface area contributed by atoms with Crippen molar-refractivity contribution in [2.24, 2.45) is 0 Å². The number of rotatable bonds is 3. The Kier molecular flexibility index (Phi) is 3.74. The van der Waals surface area contributed by atoms with E-state index < -0.39 is 0 Å². The number of nitrogens with one attached hydrogen (secondary N) is 2. The Hall–Kier alpha value is -2.89. The minimum Gasteiger partial charge on any atom is -0.323 e. The number of nitrogens with zero attached hydrogens (tertiary/aromatic N) is 2. The van der Waals surface area contributed by atoms with Crippen LogP contribution >= 0.6 is 0 Å². The molecule has 1 aliphatic rings. The molecule has 6 nitrogen and oxygen atoms in total. The Balaban J connectivity index is 1.83. The molecule has 0 saturated heterocycles. The monoisotopic (exact) mass is 296 g/mol. The molecule has 2 N–H and O–H groups in total. The number of aromatic nitrogens is 2. The van der Waals surface area contributed by atoms with Crippen LogP contribution in [0.2, 0.25) is 0 Å². The highest BCUT2D eigenvalue weighted by Crippen LogP contribution is 2.32. The summed E-state index contributed by atoms with van der Waals surface area (Å²) in [4.78, 5) is 25.7. The van der Waals surface area contributed by atoms with Crippen LogP contribution < -0.4 is 5.32 Å². The van der Waals surface area contributed by atoms with E-state index in [0.717, 1.165) is 11.1 Å². The van der Waals surface area contributed by atoms with Crippen LogP contribution in [0.5, 0.6) is 0 Å². The summed E-state index contributed by atoms with van der Waals surface area (Å²) in [5.41, 5.74) is 2.61. The lowest BCUT2D eigenvalue weighted by Gasteiger charge is -2.32. The average Bonchev–Trinajstić information content (AvgIpc) is 3.00. The summed E-state index contributed by atoms with van der Waals surface area (Å²) >= 11 is 0. The Morgan fingerprint density at radius 1 is 1.36 bits per heavy atom. The molecular formula is C16H16N4O2. The minimum absolute atomic E-state index is 0.0909. The first-order chi connectivity index (χ1) is 10.6. The van der Waals surface area contributed by atoms with Gasteiger partial charge in [0.05, 0.1) is 24.3 Å². The largest absolute Gasteiger partial charge is 0.323 e. The molecule has 6 heteroatoms. The highest BCUT2D eigenvalue weighted by Gasteiger charge is 2.28. The number of hydrogen-bond acceptors (Lipinski definition) is 3. The summed E-state index contributed by atoms with van der Waals surface area (Å²) < 4.78 is 0. The van der Waals surface area contributed by atoms with Crippen LogP contribution in [0, 0.1) is 0 Å². The molecular weight excluding hydrogens is 280 g/mol. The zero-order valence-corrected chi connectivity index (χ0v) is 12.1. The van der Waals surface area contributed by atoms with Crippen molar-refractivity contribution in [2.75, 3.05) is 5.32 Å². The van der Waals surface area contributed by atoms with E-state index in [2.05, 4.69) is 15.5 Å². The van der Waals surface area contributed by atoms with Gasteiger partial charge in [0.15, 0.2) is 0 Å². The van der Waals surface area contributed by atoms with Crippen molar-refractivity contribution in [3.8, 4) is 0 Å². The second-order valence-corrected chi connectivity index (χ2v) is 5.13. The number of aromatic amines is 1. The number of hydrogen-bond donors (Lipinski definition) is 2. The van der Waals surface area contributed by atoms with E-state index in [-0.39, 0.29) is 24.3 Å². The van der Waals surface area contributed by atoms with Crippen molar-refractivity contribution in [2.45, 2.75) is 19.4 Å². The number of benzene rings is 1. The van der Waals surface area contributed by atoms with Gasteiger partial charge in [-0.3, -0.25) is 14.7 Å². The number of fused-ring (bicyclic) bond motifs is 1. The summed E-state index contributed by atoms with van der Waals surface area (Å²) in [6.07, 6.45) is 6.96. The van der Waals surface area contributed by atoms with Gasteiger partial charge in [-0.25, -0.2) is 0 Å². The molecule has 1 aliphatic heterocycles. The average molecular weight is 296 g/mol. The Morgan fingerprint density at radius 3 is 2.91 bits per heavy atom. The van der Waals surface area contributed by atoms with Crippen molar-refractivity contribution >= 4 is 23.6 Å². The van der Waals surface area contributed by atoms with Gasteiger partial charge in [0.25, 0.3) is 0 Å². The van der Waals surface area contributed by atoms with E-state index in [4.69, 9.17) is 0 Å². The molecule has 3 rings (SSSR count). The van der Waals surface area contributed by atoms with Crippen LogP contribution in [-0.2, 0) is 9.59 Å². The number of H-pyrrole nitrogens is 1. The van der Waals surface area contributed by atoms with E-state index in [9.17, 15) is 9.59 Å². The maximum Gasteiger partial charge on any atom is 0.226 e. The highest BCUT2D eigenvalue weighted by atomic mass is 16.2. The molecule has 0 bridgehead atoms. The Morgan fingerprint density at radius 2 is 2.18 bits per heavy atom. The first-order valence-electron chi connectivity index (χ1n) is 7.00. The quantitative estimate of drug-likeness (QED) is 0.912. The lowest BCUT2D eigenvalue weighted by atomic mass is 9.93. The van der Waals surface area contributed by atoms with Crippen molar-refractivity contribution in [1.82, 2.24) is 15.1 Å². The lowest BCUT2D eigenvalue weighted by molar-refractivity contribution is -0.129. The molecule has 0 unspecified atom stereocenters. The molecule has 0 aliphatic carbocycles. The van der Waals surface area contributed by atoms with Gasteiger partial charge in [0.1, 0.15) is 0 Å². The van der Waals surface area contributed by atoms with E-state index in [0.29, 0.717) is 5.69 Å². The van der Waals surface area contributed by atoms with Gasteiger partial charge < -0.3 is 10.2 Å². The summed E-state index contributed by atoms with van der Waals surface area (Å²) in [6, 6.07) is 7.48. The molecule has 1 aromatic carbocycles.